The van der Waals surface area contributed by atoms with E-state index in [1.165, 1.54) is 6.26 Å². The van der Waals surface area contributed by atoms with E-state index in [4.69, 9.17) is 14.6 Å². The molecule has 0 aliphatic heterocycles. The van der Waals surface area contributed by atoms with Crippen molar-refractivity contribution in [1.29, 1.82) is 0 Å². The number of carbonyl (C=O) groups is 1. The van der Waals surface area contributed by atoms with Gasteiger partial charge in [-0.15, -0.1) is 11.3 Å². The highest BCUT2D eigenvalue weighted by Crippen LogP contribution is 2.47. The molecule has 0 atom stereocenters. The van der Waals surface area contributed by atoms with E-state index in [0.29, 0.717) is 52.3 Å². The van der Waals surface area contributed by atoms with Crippen LogP contribution in [0.2, 0.25) is 0 Å². The molecule has 2 N–H and O–H groups in total. The summed E-state index contributed by atoms with van der Waals surface area (Å²) >= 11 is 0.648. The van der Waals surface area contributed by atoms with Crippen LogP contribution in [0.25, 0.3) is 33.2 Å². The zero-order chi connectivity index (χ0) is 21.0. The zero-order valence-corrected chi connectivity index (χ0v) is 16.1. The predicted octanol–water partition coefficient (Wildman–Crippen LogP) is 5.96. The Morgan fingerprint density at radius 2 is 1.93 bits per heavy atom. The van der Waals surface area contributed by atoms with Crippen LogP contribution in [-0.4, -0.2) is 16.9 Å². The number of allylic oxidation sites excluding steroid dienone is 1. The number of nitrogen functional groups attached to an aromatic ring is 1. The van der Waals surface area contributed by atoms with Crippen LogP contribution < -0.4 is 5.73 Å². The van der Waals surface area contributed by atoms with Gasteiger partial charge in [-0.3, -0.25) is 4.79 Å². The van der Waals surface area contributed by atoms with E-state index in [0.717, 1.165) is 11.1 Å². The van der Waals surface area contributed by atoms with Crippen molar-refractivity contribution < 1.29 is 26.8 Å². The first-order chi connectivity index (χ1) is 14.3. The number of nitrogens with two attached hydrogens (primary N) is 1. The lowest BCUT2D eigenvalue weighted by Gasteiger charge is -2.09. The molecule has 1 aliphatic carbocycles. The van der Waals surface area contributed by atoms with Crippen LogP contribution in [0.5, 0.6) is 0 Å². The largest absolute Gasteiger partial charge is 0.465 e. The Kier molecular flexibility index (Phi) is 4.11. The third kappa shape index (κ3) is 2.85. The molecule has 4 heterocycles. The molecule has 0 bridgehead atoms. The minimum atomic E-state index is -5.02. The van der Waals surface area contributed by atoms with E-state index in [2.05, 4.69) is 4.98 Å². The first-order valence-electron chi connectivity index (χ1n) is 8.99. The molecule has 9 heteroatoms. The van der Waals surface area contributed by atoms with Gasteiger partial charge in [0.1, 0.15) is 21.2 Å². The average molecular weight is 430 g/mol. The number of furan rings is 2. The Balaban J connectivity index is 1.80. The highest BCUT2D eigenvalue weighted by molar-refractivity contribution is 7.21. The van der Waals surface area contributed by atoms with Gasteiger partial charge in [-0.25, -0.2) is 4.98 Å². The molecule has 5 nitrogen and oxygen atoms in total. The van der Waals surface area contributed by atoms with Gasteiger partial charge in [0.25, 0.3) is 5.78 Å². The number of ketones is 1. The van der Waals surface area contributed by atoms with Crippen molar-refractivity contribution in [3.8, 4) is 11.3 Å². The molecular weight excluding hydrogens is 417 g/mol. The summed E-state index contributed by atoms with van der Waals surface area (Å²) in [5.74, 6) is -0.855. The fourth-order valence-corrected chi connectivity index (χ4v) is 4.82. The van der Waals surface area contributed by atoms with Crippen LogP contribution in [0.1, 0.15) is 33.1 Å². The van der Waals surface area contributed by atoms with Crippen LogP contribution in [-0.2, 0) is 6.42 Å². The highest BCUT2D eigenvalue weighted by atomic mass is 32.1. The minimum absolute atomic E-state index is 0.220. The van der Waals surface area contributed by atoms with Gasteiger partial charge in [-0.05, 0) is 54.3 Å². The average Bonchev–Trinajstić information content (AvgIpc) is 3.48. The number of fused-ring (bicyclic) bond motifs is 2. The number of alkyl halides is 3. The van der Waals surface area contributed by atoms with E-state index >= 15 is 0 Å². The summed E-state index contributed by atoms with van der Waals surface area (Å²) in [6.45, 7) is 0. The maximum absolute atomic E-state index is 13.1. The first-order valence-corrected chi connectivity index (χ1v) is 9.81. The Labute approximate surface area is 171 Å². The zero-order valence-electron chi connectivity index (χ0n) is 15.2. The van der Waals surface area contributed by atoms with Gasteiger partial charge >= 0.3 is 6.18 Å². The Morgan fingerprint density at radius 1 is 1.17 bits per heavy atom. The third-order valence-electron chi connectivity index (χ3n) is 5.02. The van der Waals surface area contributed by atoms with Gasteiger partial charge in [0, 0.05) is 10.9 Å². The number of thiophene rings is 1. The molecule has 4 aromatic heterocycles. The minimum Gasteiger partial charge on any atom is -0.465 e. The molecule has 0 amide bonds. The number of halogens is 3. The molecule has 0 unspecified atom stereocenters. The summed E-state index contributed by atoms with van der Waals surface area (Å²) in [6.07, 6.45) is 1.16. The molecule has 1 aliphatic rings. The molecule has 0 saturated heterocycles. The van der Waals surface area contributed by atoms with Crippen molar-refractivity contribution in [2.45, 2.75) is 19.0 Å². The number of nitrogens with zero attached hydrogens (tertiary/aromatic N) is 1. The molecule has 152 valence electrons. The van der Waals surface area contributed by atoms with E-state index in [1.54, 1.807) is 30.5 Å². The second kappa shape index (κ2) is 6.60. The van der Waals surface area contributed by atoms with Gasteiger partial charge in [-0.1, -0.05) is 0 Å². The first kappa shape index (κ1) is 18.7. The lowest BCUT2D eigenvalue weighted by atomic mass is 10.00. The quantitative estimate of drug-likeness (QED) is 0.405. The molecule has 0 fully saturated rings. The number of rotatable bonds is 3. The number of hydrogen-bond acceptors (Lipinski definition) is 6. The van der Waals surface area contributed by atoms with E-state index in [9.17, 15) is 18.0 Å². The summed E-state index contributed by atoms with van der Waals surface area (Å²) in [6, 6.07) is 6.97. The van der Waals surface area contributed by atoms with Gasteiger partial charge in [0.05, 0.1) is 23.9 Å². The number of aromatic nitrogens is 1. The van der Waals surface area contributed by atoms with Crippen LogP contribution in [0.3, 0.4) is 0 Å². The lowest BCUT2D eigenvalue weighted by molar-refractivity contribution is -0.0881. The highest BCUT2D eigenvalue weighted by Gasteiger charge is 2.42. The standard InChI is InChI=1S/C21H13F3N2O3S/c22-21(23,24)19(27)18-16(25)15-14(13-4-2-8-29-13)12-6-5-10(9-11-3-1-7-28-11)17(12)26-20(15)30-18/h1-4,7-9H,5-6,25H2. The fourth-order valence-electron chi connectivity index (χ4n) is 3.75. The maximum atomic E-state index is 13.1. The fraction of sp³-hybridized carbons (Fsp3) is 0.143. The summed E-state index contributed by atoms with van der Waals surface area (Å²) < 4.78 is 50.2. The van der Waals surface area contributed by atoms with Crippen LogP contribution in [0, 0.1) is 0 Å². The molecule has 5 rings (SSSR count). The molecule has 0 radical (unpaired) electrons. The molecule has 0 saturated carbocycles. The SMILES string of the molecule is Nc1c(C(=O)C(F)(F)F)sc2nc3c(c(-c4ccco4)c12)CCC3=Cc1ccco1. The van der Waals surface area contributed by atoms with Crippen molar-refractivity contribution in [2.24, 2.45) is 0 Å². The molecular formula is C21H13F3N2O3S. The van der Waals surface area contributed by atoms with E-state index in [-0.39, 0.29) is 10.5 Å². The normalized spacial score (nSPS) is 15.2. The van der Waals surface area contributed by atoms with Crippen molar-refractivity contribution in [3.05, 3.63) is 58.7 Å². The summed E-state index contributed by atoms with van der Waals surface area (Å²) in [5.41, 5.74) is 8.79. The Morgan fingerprint density at radius 3 is 2.60 bits per heavy atom. The number of Topliss-reactive ketones (excluding diaryl/α,β-unsaturated/α-hetero) is 1. The monoisotopic (exact) mass is 430 g/mol. The topological polar surface area (TPSA) is 82.3 Å². The van der Waals surface area contributed by atoms with Crippen molar-refractivity contribution in [1.82, 2.24) is 4.98 Å². The number of pyridine rings is 1. The van der Waals surface area contributed by atoms with Crippen molar-refractivity contribution >= 4 is 44.7 Å². The lowest BCUT2D eigenvalue weighted by Crippen LogP contribution is -2.22. The van der Waals surface area contributed by atoms with E-state index in [1.807, 2.05) is 6.08 Å². The Hall–Kier alpha value is -3.33. The predicted molar refractivity (Wildman–Crippen MR) is 107 cm³/mol. The third-order valence-corrected chi connectivity index (χ3v) is 6.12. The summed E-state index contributed by atoms with van der Waals surface area (Å²) in [7, 11) is 0. The van der Waals surface area contributed by atoms with Gasteiger partial charge in [0.15, 0.2) is 0 Å². The van der Waals surface area contributed by atoms with Crippen LogP contribution in [0.15, 0.2) is 45.6 Å². The van der Waals surface area contributed by atoms with E-state index < -0.39 is 16.8 Å². The maximum Gasteiger partial charge on any atom is 0.455 e. The van der Waals surface area contributed by atoms with Crippen LogP contribution >= 0.6 is 11.3 Å². The number of carbonyl (C=O) groups excluding carboxylic acids is 1. The number of hydrogen-bond donors (Lipinski definition) is 1. The molecule has 0 aromatic carbocycles. The smallest absolute Gasteiger partial charge is 0.455 e. The molecule has 30 heavy (non-hydrogen) atoms. The summed E-state index contributed by atoms with van der Waals surface area (Å²) in [5, 5.41) is 0.320. The second-order valence-electron chi connectivity index (χ2n) is 6.83. The summed E-state index contributed by atoms with van der Waals surface area (Å²) in [4.78, 5) is 16.2. The number of anilines is 1. The van der Waals surface area contributed by atoms with Crippen LogP contribution in [0.4, 0.5) is 18.9 Å². The van der Waals surface area contributed by atoms with Gasteiger partial charge < -0.3 is 14.6 Å². The molecule has 0 spiro atoms. The Bertz CT molecular complexity index is 1300. The van der Waals surface area contributed by atoms with Gasteiger partial charge in [-0.2, -0.15) is 13.2 Å². The van der Waals surface area contributed by atoms with Crippen molar-refractivity contribution in [2.75, 3.05) is 5.73 Å². The van der Waals surface area contributed by atoms with Gasteiger partial charge in [0.2, 0.25) is 0 Å². The molecule has 4 aromatic rings. The van der Waals surface area contributed by atoms with Crippen molar-refractivity contribution in [3.63, 3.8) is 0 Å². The second-order valence-corrected chi connectivity index (χ2v) is 7.83.